The van der Waals surface area contributed by atoms with Crippen LogP contribution in [0.5, 0.6) is 0 Å². The van der Waals surface area contributed by atoms with Crippen LogP contribution in [0.3, 0.4) is 0 Å². The number of benzene rings is 1. The second kappa shape index (κ2) is 8.25. The second-order valence-electron chi connectivity index (χ2n) is 6.47. The van der Waals surface area contributed by atoms with E-state index in [1.165, 1.54) is 0 Å². The molecule has 1 amide bonds. The van der Waals surface area contributed by atoms with Gasteiger partial charge >= 0.3 is 0 Å². The van der Waals surface area contributed by atoms with Gasteiger partial charge in [-0.1, -0.05) is 35.5 Å². The van der Waals surface area contributed by atoms with E-state index in [2.05, 4.69) is 10.1 Å². The molecule has 2 atom stereocenters. The summed E-state index contributed by atoms with van der Waals surface area (Å²) in [5.41, 5.74) is 0.908. The molecule has 1 aliphatic heterocycles. The number of likely N-dealkylation sites (tertiary alicyclic amines) is 1. The first-order valence-corrected chi connectivity index (χ1v) is 8.92. The lowest BCUT2D eigenvalue weighted by molar-refractivity contribution is -0.146. The van der Waals surface area contributed by atoms with Crippen LogP contribution in [-0.2, 0) is 16.0 Å². The summed E-state index contributed by atoms with van der Waals surface area (Å²) in [7, 11) is 0. The Hall–Kier alpha value is -2.21. The van der Waals surface area contributed by atoms with Crippen LogP contribution in [0.1, 0.15) is 43.1 Å². The monoisotopic (exact) mass is 343 g/mol. The van der Waals surface area contributed by atoms with E-state index in [-0.39, 0.29) is 5.91 Å². The van der Waals surface area contributed by atoms with Crippen LogP contribution in [0.4, 0.5) is 0 Å². The minimum Gasteiger partial charge on any atom is -0.364 e. The lowest BCUT2D eigenvalue weighted by Crippen LogP contribution is -2.43. The summed E-state index contributed by atoms with van der Waals surface area (Å²) in [6.45, 7) is 5.70. The number of aryl methyl sites for hydroxylation is 1. The summed E-state index contributed by atoms with van der Waals surface area (Å²) in [6, 6.07) is 9.71. The van der Waals surface area contributed by atoms with Crippen LogP contribution < -0.4 is 0 Å². The number of carbonyl (C=O) groups is 1. The first-order chi connectivity index (χ1) is 12.2. The third kappa shape index (κ3) is 4.45. The maximum Gasteiger partial charge on any atom is 0.256 e. The SMILES string of the molecule is CCOC(C(=O)N1CCCC(Cc2noc(C)n2)C1)c1ccccc1. The number of aromatic nitrogens is 2. The molecular formula is C19H25N3O3. The van der Waals surface area contributed by atoms with E-state index in [1.807, 2.05) is 42.2 Å². The van der Waals surface area contributed by atoms with Gasteiger partial charge in [0.15, 0.2) is 11.9 Å². The van der Waals surface area contributed by atoms with Gasteiger partial charge in [-0.3, -0.25) is 4.79 Å². The molecule has 134 valence electrons. The number of carbonyl (C=O) groups excluding carboxylic acids is 1. The molecule has 1 aliphatic rings. The Labute approximate surface area is 148 Å². The number of amides is 1. The van der Waals surface area contributed by atoms with Gasteiger partial charge in [0.05, 0.1) is 0 Å². The predicted molar refractivity (Wildman–Crippen MR) is 92.9 cm³/mol. The zero-order chi connectivity index (χ0) is 17.6. The third-order valence-electron chi connectivity index (χ3n) is 4.53. The van der Waals surface area contributed by atoms with Crippen molar-refractivity contribution in [1.29, 1.82) is 0 Å². The Morgan fingerprint density at radius 2 is 2.20 bits per heavy atom. The quantitative estimate of drug-likeness (QED) is 0.807. The Bertz CT molecular complexity index is 686. The molecule has 0 radical (unpaired) electrons. The summed E-state index contributed by atoms with van der Waals surface area (Å²) < 4.78 is 10.8. The number of ether oxygens (including phenoxy) is 1. The summed E-state index contributed by atoms with van der Waals surface area (Å²) in [6.07, 6.45) is 2.27. The topological polar surface area (TPSA) is 68.5 Å². The van der Waals surface area contributed by atoms with Gasteiger partial charge in [-0.05, 0) is 31.2 Å². The molecular weight excluding hydrogens is 318 g/mol. The van der Waals surface area contributed by atoms with Crippen molar-refractivity contribution >= 4 is 5.91 Å². The van der Waals surface area contributed by atoms with Crippen molar-refractivity contribution in [3.05, 3.63) is 47.6 Å². The van der Waals surface area contributed by atoms with E-state index in [9.17, 15) is 4.79 Å². The minimum atomic E-state index is -0.530. The molecule has 2 aromatic rings. The highest BCUT2D eigenvalue weighted by atomic mass is 16.5. The summed E-state index contributed by atoms with van der Waals surface area (Å²) in [4.78, 5) is 19.2. The number of piperidine rings is 1. The molecule has 6 nitrogen and oxygen atoms in total. The van der Waals surface area contributed by atoms with E-state index in [0.717, 1.165) is 37.2 Å². The fourth-order valence-electron chi connectivity index (χ4n) is 3.38. The summed E-state index contributed by atoms with van der Waals surface area (Å²) >= 11 is 0. The van der Waals surface area contributed by atoms with Gasteiger partial charge in [-0.2, -0.15) is 4.98 Å². The molecule has 2 unspecified atom stereocenters. The van der Waals surface area contributed by atoms with Crippen LogP contribution in [0.15, 0.2) is 34.9 Å². The Kier molecular flexibility index (Phi) is 5.81. The van der Waals surface area contributed by atoms with Crippen molar-refractivity contribution in [1.82, 2.24) is 15.0 Å². The van der Waals surface area contributed by atoms with Gasteiger partial charge in [0.2, 0.25) is 5.89 Å². The smallest absolute Gasteiger partial charge is 0.256 e. The molecule has 3 rings (SSSR count). The zero-order valence-corrected chi connectivity index (χ0v) is 14.9. The highest BCUT2D eigenvalue weighted by molar-refractivity contribution is 5.82. The molecule has 0 N–H and O–H groups in total. The molecule has 0 spiro atoms. The fraction of sp³-hybridized carbons (Fsp3) is 0.526. The fourth-order valence-corrected chi connectivity index (χ4v) is 3.38. The second-order valence-corrected chi connectivity index (χ2v) is 6.47. The van der Waals surface area contributed by atoms with E-state index in [1.54, 1.807) is 6.92 Å². The highest BCUT2D eigenvalue weighted by Crippen LogP contribution is 2.25. The number of nitrogens with zero attached hydrogens (tertiary/aromatic N) is 3. The Balaban J connectivity index is 1.67. The van der Waals surface area contributed by atoms with E-state index >= 15 is 0 Å². The van der Waals surface area contributed by atoms with Gasteiger partial charge in [0.25, 0.3) is 5.91 Å². The lowest BCUT2D eigenvalue weighted by Gasteiger charge is -2.34. The van der Waals surface area contributed by atoms with Gasteiger partial charge in [0, 0.05) is 33.0 Å². The van der Waals surface area contributed by atoms with Crippen LogP contribution in [0, 0.1) is 12.8 Å². The van der Waals surface area contributed by atoms with Crippen molar-refractivity contribution in [3.63, 3.8) is 0 Å². The van der Waals surface area contributed by atoms with E-state index in [0.29, 0.717) is 25.0 Å². The van der Waals surface area contributed by atoms with E-state index in [4.69, 9.17) is 9.26 Å². The van der Waals surface area contributed by atoms with Crippen molar-refractivity contribution < 1.29 is 14.1 Å². The van der Waals surface area contributed by atoms with Crippen molar-refractivity contribution in [3.8, 4) is 0 Å². The highest BCUT2D eigenvalue weighted by Gasteiger charge is 2.30. The van der Waals surface area contributed by atoms with Gasteiger partial charge < -0.3 is 14.2 Å². The predicted octanol–water partition coefficient (Wildman–Crippen LogP) is 2.94. The molecule has 6 heteroatoms. The largest absolute Gasteiger partial charge is 0.364 e. The first kappa shape index (κ1) is 17.6. The molecule has 0 bridgehead atoms. The molecule has 0 aliphatic carbocycles. The van der Waals surface area contributed by atoms with Crippen molar-refractivity contribution in [2.24, 2.45) is 5.92 Å². The summed E-state index contributed by atoms with van der Waals surface area (Å²) in [5, 5.41) is 3.98. The molecule has 0 saturated carbocycles. The number of hydrogen-bond acceptors (Lipinski definition) is 5. The van der Waals surface area contributed by atoms with Crippen LogP contribution >= 0.6 is 0 Å². The maximum atomic E-state index is 13.0. The molecule has 1 aromatic heterocycles. The zero-order valence-electron chi connectivity index (χ0n) is 14.9. The lowest BCUT2D eigenvalue weighted by atomic mass is 9.93. The average Bonchev–Trinajstić information content (AvgIpc) is 3.05. The van der Waals surface area contributed by atoms with Crippen LogP contribution in [-0.4, -0.2) is 40.6 Å². The number of hydrogen-bond donors (Lipinski definition) is 0. The van der Waals surface area contributed by atoms with Gasteiger partial charge in [0.1, 0.15) is 0 Å². The first-order valence-electron chi connectivity index (χ1n) is 8.92. The average molecular weight is 343 g/mol. The minimum absolute atomic E-state index is 0.0436. The van der Waals surface area contributed by atoms with Crippen LogP contribution in [0.25, 0.3) is 0 Å². The normalized spacial score (nSPS) is 19.0. The number of rotatable bonds is 6. The molecule has 1 fully saturated rings. The third-order valence-corrected chi connectivity index (χ3v) is 4.53. The van der Waals surface area contributed by atoms with Gasteiger partial charge in [-0.25, -0.2) is 0 Å². The molecule has 1 saturated heterocycles. The van der Waals surface area contributed by atoms with Crippen molar-refractivity contribution in [2.45, 2.75) is 39.2 Å². The Morgan fingerprint density at radius 1 is 1.40 bits per heavy atom. The van der Waals surface area contributed by atoms with E-state index < -0.39 is 6.10 Å². The molecule has 1 aromatic carbocycles. The molecule has 2 heterocycles. The van der Waals surface area contributed by atoms with Crippen LogP contribution in [0.2, 0.25) is 0 Å². The summed E-state index contributed by atoms with van der Waals surface area (Å²) in [5.74, 6) is 1.70. The molecule has 25 heavy (non-hydrogen) atoms. The standard InChI is InChI=1S/C19H25N3O3/c1-3-24-18(16-9-5-4-6-10-16)19(23)22-11-7-8-15(13-22)12-17-20-14(2)25-21-17/h4-6,9-10,15,18H,3,7-8,11-13H2,1-2H3. The maximum absolute atomic E-state index is 13.0. The van der Waals surface area contributed by atoms with Crippen molar-refractivity contribution in [2.75, 3.05) is 19.7 Å². The van der Waals surface area contributed by atoms with Gasteiger partial charge in [-0.15, -0.1) is 0 Å². The Morgan fingerprint density at radius 3 is 2.88 bits per heavy atom.